The first-order valence-electron chi connectivity index (χ1n) is 5.90. The lowest BCUT2D eigenvalue weighted by molar-refractivity contribution is 0.0933. The van der Waals surface area contributed by atoms with Gasteiger partial charge in [0, 0.05) is 5.92 Å². The third-order valence-corrected chi connectivity index (χ3v) is 3.20. The van der Waals surface area contributed by atoms with E-state index in [1.807, 2.05) is 0 Å². The van der Waals surface area contributed by atoms with E-state index in [4.69, 9.17) is 4.42 Å². The minimum atomic E-state index is 0.210. The van der Waals surface area contributed by atoms with Gasteiger partial charge in [-0.1, -0.05) is 26.2 Å². The van der Waals surface area contributed by atoms with E-state index in [9.17, 15) is 4.79 Å². The zero-order valence-corrected chi connectivity index (χ0v) is 9.24. The van der Waals surface area contributed by atoms with Crippen LogP contribution in [-0.2, 0) is 0 Å². The molecule has 0 radical (unpaired) electrons. The number of rotatable bonds is 6. The Morgan fingerprint density at radius 3 is 3.07 bits per heavy atom. The quantitative estimate of drug-likeness (QED) is 0.525. The second kappa shape index (κ2) is 4.65. The van der Waals surface area contributed by atoms with Crippen LogP contribution in [0.4, 0.5) is 0 Å². The molecule has 1 aromatic heterocycles. The molecule has 0 aromatic carbocycles. The third kappa shape index (κ3) is 2.49. The molecule has 2 nitrogen and oxygen atoms in total. The summed E-state index contributed by atoms with van der Waals surface area (Å²) in [7, 11) is 0. The molecule has 0 bridgehead atoms. The lowest BCUT2D eigenvalue weighted by Crippen LogP contribution is -2.01. The Kier molecular flexibility index (Phi) is 3.24. The van der Waals surface area contributed by atoms with Gasteiger partial charge in [0.2, 0.25) is 5.78 Å². The van der Waals surface area contributed by atoms with Crippen LogP contribution >= 0.6 is 0 Å². The van der Waals surface area contributed by atoms with Crippen LogP contribution in [0.3, 0.4) is 0 Å². The second-order valence-corrected chi connectivity index (χ2v) is 4.44. The van der Waals surface area contributed by atoms with Crippen LogP contribution in [0.1, 0.15) is 49.6 Å². The van der Waals surface area contributed by atoms with E-state index in [0.717, 1.165) is 6.42 Å². The molecule has 2 rings (SSSR count). The number of Topliss-reactive ketones (excluding diaryl/α,β-unsaturated/α-hetero) is 1. The highest BCUT2D eigenvalue weighted by atomic mass is 16.3. The standard InChI is InChI=1S/C13H18O2/c1-2-3-4-6-10-9-11(10)13(14)12-7-5-8-15-12/h5,7-8,10-11H,2-4,6,9H2,1H3/t10-,11-/m0/s1. The van der Waals surface area contributed by atoms with Gasteiger partial charge in [-0.05, 0) is 30.9 Å². The maximum absolute atomic E-state index is 11.8. The maximum atomic E-state index is 11.8. The van der Waals surface area contributed by atoms with E-state index in [1.165, 1.54) is 25.7 Å². The van der Waals surface area contributed by atoms with Crippen LogP contribution in [0.2, 0.25) is 0 Å². The zero-order valence-electron chi connectivity index (χ0n) is 9.24. The van der Waals surface area contributed by atoms with E-state index in [0.29, 0.717) is 11.7 Å². The van der Waals surface area contributed by atoms with Crippen molar-refractivity contribution in [1.29, 1.82) is 0 Å². The highest BCUT2D eigenvalue weighted by Crippen LogP contribution is 2.44. The minimum absolute atomic E-state index is 0.210. The van der Waals surface area contributed by atoms with E-state index in [-0.39, 0.29) is 11.7 Å². The van der Waals surface area contributed by atoms with Gasteiger partial charge in [0.1, 0.15) is 0 Å². The van der Waals surface area contributed by atoms with Crippen molar-refractivity contribution in [2.24, 2.45) is 11.8 Å². The molecule has 15 heavy (non-hydrogen) atoms. The molecule has 1 heterocycles. The molecule has 0 saturated heterocycles. The van der Waals surface area contributed by atoms with Crippen LogP contribution in [0.5, 0.6) is 0 Å². The van der Waals surface area contributed by atoms with Crippen molar-refractivity contribution in [3.05, 3.63) is 24.2 Å². The first-order chi connectivity index (χ1) is 7.33. The Bertz CT molecular complexity index is 313. The lowest BCUT2D eigenvalue weighted by atomic mass is 10.1. The van der Waals surface area contributed by atoms with Crippen molar-refractivity contribution in [3.63, 3.8) is 0 Å². The fourth-order valence-corrected chi connectivity index (χ4v) is 2.15. The average Bonchev–Trinajstić information content (AvgIpc) is 2.79. The molecule has 1 aromatic rings. The van der Waals surface area contributed by atoms with Crippen molar-refractivity contribution >= 4 is 5.78 Å². The smallest absolute Gasteiger partial charge is 0.201 e. The van der Waals surface area contributed by atoms with Crippen LogP contribution < -0.4 is 0 Å². The fourth-order valence-electron chi connectivity index (χ4n) is 2.15. The zero-order chi connectivity index (χ0) is 10.7. The number of carbonyl (C=O) groups is 1. The van der Waals surface area contributed by atoms with Crippen LogP contribution in [0.15, 0.2) is 22.8 Å². The van der Waals surface area contributed by atoms with Crippen molar-refractivity contribution in [2.75, 3.05) is 0 Å². The van der Waals surface area contributed by atoms with Gasteiger partial charge < -0.3 is 4.42 Å². The highest BCUT2D eigenvalue weighted by molar-refractivity contribution is 5.97. The van der Waals surface area contributed by atoms with Crippen LogP contribution in [-0.4, -0.2) is 5.78 Å². The molecule has 0 amide bonds. The summed E-state index contributed by atoms with van der Waals surface area (Å²) in [5.41, 5.74) is 0. The summed E-state index contributed by atoms with van der Waals surface area (Å²) in [6.45, 7) is 2.21. The molecule has 1 saturated carbocycles. The van der Waals surface area contributed by atoms with E-state index in [1.54, 1.807) is 18.4 Å². The third-order valence-electron chi connectivity index (χ3n) is 3.20. The molecule has 82 valence electrons. The van der Waals surface area contributed by atoms with E-state index in [2.05, 4.69) is 6.92 Å². The van der Waals surface area contributed by atoms with Gasteiger partial charge in [-0.25, -0.2) is 0 Å². The first-order valence-corrected chi connectivity index (χ1v) is 5.90. The Morgan fingerprint density at radius 2 is 2.40 bits per heavy atom. The number of ketones is 1. The normalized spacial score (nSPS) is 24.1. The molecular formula is C13H18O2. The van der Waals surface area contributed by atoms with Crippen LogP contribution in [0.25, 0.3) is 0 Å². The summed E-state index contributed by atoms with van der Waals surface area (Å²) in [5.74, 6) is 1.64. The summed E-state index contributed by atoms with van der Waals surface area (Å²) in [6.07, 6.45) is 7.67. The monoisotopic (exact) mass is 206 g/mol. The summed E-state index contributed by atoms with van der Waals surface area (Å²) in [6, 6.07) is 3.55. The first kappa shape index (κ1) is 10.5. The van der Waals surface area contributed by atoms with Gasteiger partial charge in [0.05, 0.1) is 6.26 Å². The Labute approximate surface area is 90.7 Å². The molecule has 0 spiro atoms. The van der Waals surface area contributed by atoms with Gasteiger partial charge in [0.25, 0.3) is 0 Å². The van der Waals surface area contributed by atoms with E-state index >= 15 is 0 Å². The minimum Gasteiger partial charge on any atom is -0.461 e. The van der Waals surface area contributed by atoms with Gasteiger partial charge in [-0.2, -0.15) is 0 Å². The Morgan fingerprint density at radius 1 is 1.53 bits per heavy atom. The van der Waals surface area contributed by atoms with Gasteiger partial charge in [-0.3, -0.25) is 4.79 Å². The fraction of sp³-hybridized carbons (Fsp3) is 0.615. The molecule has 2 atom stereocenters. The largest absolute Gasteiger partial charge is 0.461 e. The summed E-state index contributed by atoms with van der Waals surface area (Å²) < 4.78 is 5.12. The Hall–Kier alpha value is -1.05. The molecule has 1 aliphatic rings. The SMILES string of the molecule is CCCCC[C@H]1C[C@@H]1C(=O)c1ccco1. The lowest BCUT2D eigenvalue weighted by Gasteiger charge is -1.97. The molecule has 0 unspecified atom stereocenters. The van der Waals surface area contributed by atoms with Gasteiger partial charge >= 0.3 is 0 Å². The predicted molar refractivity (Wildman–Crippen MR) is 58.8 cm³/mol. The van der Waals surface area contributed by atoms with Crippen molar-refractivity contribution in [3.8, 4) is 0 Å². The summed E-state index contributed by atoms with van der Waals surface area (Å²) in [4.78, 5) is 11.8. The molecule has 0 aliphatic heterocycles. The van der Waals surface area contributed by atoms with Crippen molar-refractivity contribution < 1.29 is 9.21 Å². The summed E-state index contributed by atoms with van der Waals surface area (Å²) in [5, 5.41) is 0. The molecule has 1 aliphatic carbocycles. The topological polar surface area (TPSA) is 30.2 Å². The predicted octanol–water partition coefficient (Wildman–Crippen LogP) is 3.68. The number of hydrogen-bond acceptors (Lipinski definition) is 2. The molecular weight excluding hydrogens is 188 g/mol. The second-order valence-electron chi connectivity index (χ2n) is 4.44. The molecule has 2 heteroatoms. The summed E-state index contributed by atoms with van der Waals surface area (Å²) >= 11 is 0. The number of hydrogen-bond donors (Lipinski definition) is 0. The van der Waals surface area contributed by atoms with E-state index < -0.39 is 0 Å². The van der Waals surface area contributed by atoms with Crippen molar-refractivity contribution in [2.45, 2.75) is 39.0 Å². The number of unbranched alkanes of at least 4 members (excludes halogenated alkanes) is 2. The number of furan rings is 1. The van der Waals surface area contributed by atoms with Gasteiger partial charge in [-0.15, -0.1) is 0 Å². The Balaban J connectivity index is 1.76. The number of carbonyl (C=O) groups excluding carboxylic acids is 1. The van der Waals surface area contributed by atoms with Crippen LogP contribution in [0, 0.1) is 11.8 Å². The van der Waals surface area contributed by atoms with Crippen molar-refractivity contribution in [1.82, 2.24) is 0 Å². The maximum Gasteiger partial charge on any atom is 0.201 e. The molecule has 0 N–H and O–H groups in total. The molecule has 1 fully saturated rings. The average molecular weight is 206 g/mol. The highest BCUT2D eigenvalue weighted by Gasteiger charge is 2.43. The van der Waals surface area contributed by atoms with Gasteiger partial charge in [0.15, 0.2) is 5.76 Å².